The van der Waals surface area contributed by atoms with Crippen LogP contribution in [0.15, 0.2) is 24.3 Å². The van der Waals surface area contributed by atoms with Crippen molar-refractivity contribution in [3.05, 3.63) is 34.9 Å². The SMILES string of the molecule is COCCN1CCCC(NC(=O)C(C)(C)c2ccccc2Cl)C1. The lowest BCUT2D eigenvalue weighted by atomic mass is 9.83. The van der Waals surface area contributed by atoms with Gasteiger partial charge >= 0.3 is 0 Å². The van der Waals surface area contributed by atoms with Crippen LogP contribution in [0.2, 0.25) is 5.02 Å². The van der Waals surface area contributed by atoms with Crippen molar-refractivity contribution in [1.29, 1.82) is 0 Å². The van der Waals surface area contributed by atoms with Gasteiger partial charge in [0.25, 0.3) is 0 Å². The van der Waals surface area contributed by atoms with Crippen LogP contribution in [0, 0.1) is 0 Å². The summed E-state index contributed by atoms with van der Waals surface area (Å²) < 4.78 is 5.14. The van der Waals surface area contributed by atoms with Crippen LogP contribution in [0.1, 0.15) is 32.3 Å². The average Bonchev–Trinajstić information content (AvgIpc) is 2.53. The van der Waals surface area contributed by atoms with E-state index in [1.807, 2.05) is 38.1 Å². The Morgan fingerprint density at radius 3 is 2.87 bits per heavy atom. The van der Waals surface area contributed by atoms with Gasteiger partial charge in [-0.25, -0.2) is 0 Å². The van der Waals surface area contributed by atoms with E-state index in [-0.39, 0.29) is 11.9 Å². The van der Waals surface area contributed by atoms with E-state index in [2.05, 4.69) is 10.2 Å². The molecule has 1 aliphatic heterocycles. The van der Waals surface area contributed by atoms with Gasteiger partial charge in [0.1, 0.15) is 0 Å². The fourth-order valence-corrected chi connectivity index (χ4v) is 3.42. The first kappa shape index (κ1) is 18.2. The molecule has 1 unspecified atom stereocenters. The summed E-state index contributed by atoms with van der Waals surface area (Å²) in [6, 6.07) is 7.75. The van der Waals surface area contributed by atoms with Crippen molar-refractivity contribution in [2.24, 2.45) is 0 Å². The molecule has 128 valence electrons. The molecule has 5 heteroatoms. The Labute approximate surface area is 144 Å². The van der Waals surface area contributed by atoms with E-state index in [9.17, 15) is 4.79 Å². The Bertz CT molecular complexity index is 534. The topological polar surface area (TPSA) is 41.6 Å². The molecule has 1 aliphatic rings. The van der Waals surface area contributed by atoms with Crippen LogP contribution in [-0.2, 0) is 14.9 Å². The van der Waals surface area contributed by atoms with Gasteiger partial charge < -0.3 is 10.1 Å². The minimum Gasteiger partial charge on any atom is -0.383 e. The van der Waals surface area contributed by atoms with Gasteiger partial charge in [0.05, 0.1) is 12.0 Å². The molecule has 0 radical (unpaired) electrons. The van der Waals surface area contributed by atoms with Crippen LogP contribution in [0.5, 0.6) is 0 Å². The maximum Gasteiger partial charge on any atom is 0.230 e. The van der Waals surface area contributed by atoms with Crippen molar-refractivity contribution in [2.75, 3.05) is 33.4 Å². The Balaban J connectivity index is 1.99. The smallest absolute Gasteiger partial charge is 0.230 e. The zero-order valence-corrected chi connectivity index (χ0v) is 15.0. The van der Waals surface area contributed by atoms with Gasteiger partial charge in [0, 0.05) is 31.3 Å². The number of amides is 1. The van der Waals surface area contributed by atoms with Gasteiger partial charge in [-0.3, -0.25) is 9.69 Å². The van der Waals surface area contributed by atoms with Gasteiger partial charge in [-0.1, -0.05) is 29.8 Å². The van der Waals surface area contributed by atoms with Gasteiger partial charge in [0.15, 0.2) is 0 Å². The molecule has 1 N–H and O–H groups in total. The van der Waals surface area contributed by atoms with Crippen molar-refractivity contribution >= 4 is 17.5 Å². The highest BCUT2D eigenvalue weighted by Gasteiger charge is 2.33. The number of likely N-dealkylation sites (tertiary alicyclic amines) is 1. The molecule has 0 saturated carbocycles. The molecule has 1 heterocycles. The number of ether oxygens (including phenoxy) is 1. The summed E-state index contributed by atoms with van der Waals surface area (Å²) in [5.74, 6) is 0.0317. The van der Waals surface area contributed by atoms with Crippen LogP contribution < -0.4 is 5.32 Å². The first-order valence-electron chi connectivity index (χ1n) is 8.22. The lowest BCUT2D eigenvalue weighted by Gasteiger charge is -2.35. The zero-order chi connectivity index (χ0) is 16.9. The summed E-state index contributed by atoms with van der Waals surface area (Å²) in [4.78, 5) is 15.1. The number of halogens is 1. The van der Waals surface area contributed by atoms with Crippen LogP contribution in [-0.4, -0.2) is 50.2 Å². The molecule has 1 fully saturated rings. The maximum absolute atomic E-state index is 12.8. The highest BCUT2D eigenvalue weighted by molar-refractivity contribution is 6.31. The molecular formula is C18H27ClN2O2. The molecule has 1 aromatic rings. The van der Waals surface area contributed by atoms with Crippen molar-refractivity contribution < 1.29 is 9.53 Å². The highest BCUT2D eigenvalue weighted by atomic mass is 35.5. The summed E-state index contributed by atoms with van der Waals surface area (Å²) >= 11 is 6.27. The maximum atomic E-state index is 12.8. The largest absolute Gasteiger partial charge is 0.383 e. The van der Waals surface area contributed by atoms with Crippen LogP contribution >= 0.6 is 11.6 Å². The second kappa shape index (κ2) is 8.13. The summed E-state index contributed by atoms with van der Waals surface area (Å²) in [7, 11) is 1.72. The number of benzene rings is 1. The van der Waals surface area contributed by atoms with Crippen LogP contribution in [0.3, 0.4) is 0 Å². The van der Waals surface area contributed by atoms with Gasteiger partial charge in [0.2, 0.25) is 5.91 Å². The van der Waals surface area contributed by atoms with Crippen molar-refractivity contribution in [3.63, 3.8) is 0 Å². The molecule has 1 saturated heterocycles. The molecule has 1 aromatic carbocycles. The van der Waals surface area contributed by atoms with Crippen LogP contribution in [0.25, 0.3) is 0 Å². The quantitative estimate of drug-likeness (QED) is 0.867. The third-order valence-corrected chi connectivity index (χ3v) is 4.90. The minimum absolute atomic E-state index is 0.0317. The number of methoxy groups -OCH3 is 1. The molecule has 1 atom stereocenters. The molecule has 0 spiro atoms. The standard InChI is InChI=1S/C18H27ClN2O2/c1-18(2,15-8-4-5-9-16(15)19)17(22)20-14-7-6-10-21(13-14)11-12-23-3/h4-5,8-9,14H,6-7,10-13H2,1-3H3,(H,20,22). The van der Waals surface area contributed by atoms with E-state index in [1.54, 1.807) is 7.11 Å². The summed E-state index contributed by atoms with van der Waals surface area (Å²) in [6.07, 6.45) is 2.12. The van der Waals surface area contributed by atoms with Gasteiger partial charge in [-0.15, -0.1) is 0 Å². The zero-order valence-electron chi connectivity index (χ0n) is 14.3. The Morgan fingerprint density at radius 2 is 2.17 bits per heavy atom. The van der Waals surface area contributed by atoms with E-state index in [0.29, 0.717) is 5.02 Å². The molecule has 23 heavy (non-hydrogen) atoms. The van der Waals surface area contributed by atoms with E-state index in [1.165, 1.54) is 0 Å². The Hall–Kier alpha value is -1.10. The molecule has 0 aromatic heterocycles. The van der Waals surface area contributed by atoms with E-state index < -0.39 is 5.41 Å². The van der Waals surface area contributed by atoms with Crippen LogP contribution in [0.4, 0.5) is 0 Å². The summed E-state index contributed by atoms with van der Waals surface area (Å²) in [5.41, 5.74) is 0.221. The van der Waals surface area contributed by atoms with Crippen molar-refractivity contribution in [2.45, 2.75) is 38.1 Å². The van der Waals surface area contributed by atoms with Gasteiger partial charge in [-0.05, 0) is 44.9 Å². The number of hydrogen-bond acceptors (Lipinski definition) is 3. The predicted octanol–water partition coefficient (Wildman–Crippen LogP) is 2.84. The monoisotopic (exact) mass is 338 g/mol. The molecule has 2 rings (SSSR count). The average molecular weight is 339 g/mol. The molecular weight excluding hydrogens is 312 g/mol. The number of carbonyl (C=O) groups is 1. The first-order valence-corrected chi connectivity index (χ1v) is 8.60. The fourth-order valence-electron chi connectivity index (χ4n) is 3.05. The normalized spacial score (nSPS) is 19.6. The number of nitrogens with one attached hydrogen (secondary N) is 1. The predicted molar refractivity (Wildman–Crippen MR) is 94.0 cm³/mol. The summed E-state index contributed by atoms with van der Waals surface area (Å²) in [5, 5.41) is 3.85. The Morgan fingerprint density at radius 1 is 1.43 bits per heavy atom. The lowest BCUT2D eigenvalue weighted by Crippen LogP contribution is -2.52. The molecule has 0 bridgehead atoms. The van der Waals surface area contributed by atoms with E-state index >= 15 is 0 Å². The van der Waals surface area contributed by atoms with E-state index in [4.69, 9.17) is 16.3 Å². The van der Waals surface area contributed by atoms with Gasteiger partial charge in [-0.2, -0.15) is 0 Å². The number of rotatable bonds is 6. The Kier molecular flexibility index (Phi) is 6.45. The number of nitrogens with zero attached hydrogens (tertiary/aromatic N) is 1. The first-order chi connectivity index (χ1) is 10.9. The lowest BCUT2D eigenvalue weighted by molar-refractivity contribution is -0.126. The van der Waals surface area contributed by atoms with Crippen molar-refractivity contribution in [1.82, 2.24) is 10.2 Å². The second-order valence-electron chi connectivity index (χ2n) is 6.71. The summed E-state index contributed by atoms with van der Waals surface area (Å²) in [6.45, 7) is 7.45. The molecule has 4 nitrogen and oxygen atoms in total. The molecule has 0 aliphatic carbocycles. The number of hydrogen-bond donors (Lipinski definition) is 1. The number of carbonyl (C=O) groups excluding carboxylic acids is 1. The third kappa shape index (κ3) is 4.69. The molecule has 1 amide bonds. The third-order valence-electron chi connectivity index (χ3n) is 4.57. The van der Waals surface area contributed by atoms with Crippen molar-refractivity contribution in [3.8, 4) is 0 Å². The highest BCUT2D eigenvalue weighted by Crippen LogP contribution is 2.30. The fraction of sp³-hybridized carbons (Fsp3) is 0.611. The second-order valence-corrected chi connectivity index (χ2v) is 7.12. The number of piperidine rings is 1. The minimum atomic E-state index is -0.646. The van der Waals surface area contributed by atoms with E-state index in [0.717, 1.165) is 44.6 Å².